The van der Waals surface area contributed by atoms with Gasteiger partial charge in [0.2, 0.25) is 0 Å². The SMILES string of the molecule is OC1CCCC1CCN1CCOC2CCCC21. The summed E-state index contributed by atoms with van der Waals surface area (Å²) in [6.07, 6.45) is 9.07. The van der Waals surface area contributed by atoms with Crippen molar-refractivity contribution in [3.8, 4) is 0 Å². The van der Waals surface area contributed by atoms with Crippen LogP contribution in [0.1, 0.15) is 44.9 Å². The second-order valence-corrected chi connectivity index (χ2v) is 5.99. The van der Waals surface area contributed by atoms with E-state index in [9.17, 15) is 5.11 Å². The van der Waals surface area contributed by atoms with Gasteiger partial charge < -0.3 is 9.84 Å². The Kier molecular flexibility index (Phi) is 3.69. The molecule has 0 aromatic rings. The molecular weight excluding hydrogens is 214 g/mol. The van der Waals surface area contributed by atoms with Crippen LogP contribution in [0.5, 0.6) is 0 Å². The maximum Gasteiger partial charge on any atom is 0.0730 e. The van der Waals surface area contributed by atoms with Crippen molar-refractivity contribution >= 4 is 0 Å². The Bertz CT molecular complexity index is 259. The number of hydrogen-bond donors (Lipinski definition) is 1. The Hall–Kier alpha value is -0.120. The molecule has 1 N–H and O–H groups in total. The topological polar surface area (TPSA) is 32.7 Å². The van der Waals surface area contributed by atoms with Gasteiger partial charge in [-0.05, 0) is 51.0 Å². The predicted molar refractivity (Wildman–Crippen MR) is 66.9 cm³/mol. The number of hydrogen-bond acceptors (Lipinski definition) is 3. The number of rotatable bonds is 3. The molecule has 2 aliphatic carbocycles. The van der Waals surface area contributed by atoms with Crippen LogP contribution in [0.2, 0.25) is 0 Å². The van der Waals surface area contributed by atoms with E-state index in [-0.39, 0.29) is 6.10 Å². The van der Waals surface area contributed by atoms with Gasteiger partial charge in [-0.1, -0.05) is 6.42 Å². The molecule has 4 atom stereocenters. The third kappa shape index (κ3) is 2.51. The van der Waals surface area contributed by atoms with Crippen LogP contribution in [-0.2, 0) is 4.74 Å². The first-order valence-electron chi connectivity index (χ1n) is 7.38. The minimum atomic E-state index is -0.0181. The highest BCUT2D eigenvalue weighted by molar-refractivity contribution is 4.90. The molecule has 0 bridgehead atoms. The first-order valence-corrected chi connectivity index (χ1v) is 7.38. The third-order valence-electron chi connectivity index (χ3n) is 5.00. The molecule has 0 aromatic carbocycles. The molecule has 0 spiro atoms. The second-order valence-electron chi connectivity index (χ2n) is 5.99. The molecule has 1 aliphatic heterocycles. The summed E-state index contributed by atoms with van der Waals surface area (Å²) in [6, 6.07) is 0.683. The van der Waals surface area contributed by atoms with E-state index in [1.807, 2.05) is 0 Å². The summed E-state index contributed by atoms with van der Waals surface area (Å²) >= 11 is 0. The molecule has 4 unspecified atom stereocenters. The van der Waals surface area contributed by atoms with Gasteiger partial charge in [-0.2, -0.15) is 0 Å². The molecule has 3 fully saturated rings. The number of aliphatic hydroxyl groups is 1. The second kappa shape index (κ2) is 5.25. The Morgan fingerprint density at radius 3 is 2.82 bits per heavy atom. The monoisotopic (exact) mass is 239 g/mol. The molecule has 98 valence electrons. The Balaban J connectivity index is 1.50. The fourth-order valence-electron chi connectivity index (χ4n) is 3.97. The van der Waals surface area contributed by atoms with Gasteiger partial charge in [-0.3, -0.25) is 4.90 Å². The molecule has 0 radical (unpaired) electrons. The lowest BCUT2D eigenvalue weighted by Gasteiger charge is -2.38. The molecule has 3 heteroatoms. The zero-order chi connectivity index (χ0) is 11.7. The summed E-state index contributed by atoms with van der Waals surface area (Å²) in [5, 5.41) is 9.86. The van der Waals surface area contributed by atoms with Gasteiger partial charge in [0.1, 0.15) is 0 Å². The van der Waals surface area contributed by atoms with Crippen LogP contribution >= 0.6 is 0 Å². The van der Waals surface area contributed by atoms with E-state index >= 15 is 0 Å². The van der Waals surface area contributed by atoms with E-state index in [1.54, 1.807) is 0 Å². The van der Waals surface area contributed by atoms with E-state index in [0.29, 0.717) is 18.1 Å². The van der Waals surface area contributed by atoms with Crippen LogP contribution in [0.4, 0.5) is 0 Å². The van der Waals surface area contributed by atoms with Crippen molar-refractivity contribution in [3.05, 3.63) is 0 Å². The summed E-state index contributed by atoms with van der Waals surface area (Å²) in [4.78, 5) is 2.63. The minimum absolute atomic E-state index is 0.0181. The van der Waals surface area contributed by atoms with Crippen LogP contribution in [0.15, 0.2) is 0 Å². The van der Waals surface area contributed by atoms with E-state index in [2.05, 4.69) is 4.90 Å². The fraction of sp³-hybridized carbons (Fsp3) is 1.00. The maximum atomic E-state index is 9.86. The zero-order valence-electron chi connectivity index (χ0n) is 10.7. The van der Waals surface area contributed by atoms with Crippen molar-refractivity contribution < 1.29 is 9.84 Å². The number of morpholine rings is 1. The lowest BCUT2D eigenvalue weighted by molar-refractivity contribution is -0.0580. The molecule has 3 rings (SSSR count). The lowest BCUT2D eigenvalue weighted by atomic mass is 10.0. The first-order chi connectivity index (χ1) is 8.34. The van der Waals surface area contributed by atoms with E-state index in [0.717, 1.165) is 19.6 Å². The maximum absolute atomic E-state index is 9.86. The molecule has 0 amide bonds. The smallest absolute Gasteiger partial charge is 0.0730 e. The standard InChI is InChI=1S/C14H25NO2/c16-13-5-1-3-11(13)7-8-15-9-10-17-14-6-2-4-12(14)15/h11-14,16H,1-10H2. The number of fused-ring (bicyclic) bond motifs is 1. The van der Waals surface area contributed by atoms with E-state index < -0.39 is 0 Å². The molecule has 3 nitrogen and oxygen atoms in total. The van der Waals surface area contributed by atoms with Crippen molar-refractivity contribution in [2.24, 2.45) is 5.92 Å². The summed E-state index contributed by atoms with van der Waals surface area (Å²) in [5.41, 5.74) is 0. The average Bonchev–Trinajstić information content (AvgIpc) is 2.95. The Morgan fingerprint density at radius 1 is 1.12 bits per heavy atom. The highest BCUT2D eigenvalue weighted by atomic mass is 16.5. The van der Waals surface area contributed by atoms with Gasteiger partial charge >= 0.3 is 0 Å². The summed E-state index contributed by atoms with van der Waals surface area (Å²) < 4.78 is 5.83. The minimum Gasteiger partial charge on any atom is -0.393 e. The fourth-order valence-corrected chi connectivity index (χ4v) is 3.97. The number of ether oxygens (including phenoxy) is 1. The Morgan fingerprint density at radius 2 is 2.00 bits per heavy atom. The Labute approximate surface area is 104 Å². The molecule has 1 saturated heterocycles. The quantitative estimate of drug-likeness (QED) is 0.815. The van der Waals surface area contributed by atoms with Crippen molar-refractivity contribution in [2.75, 3.05) is 19.7 Å². The van der Waals surface area contributed by atoms with E-state index in [4.69, 9.17) is 4.74 Å². The van der Waals surface area contributed by atoms with Gasteiger partial charge in [0.05, 0.1) is 18.8 Å². The molecule has 1 heterocycles. The molecule has 17 heavy (non-hydrogen) atoms. The van der Waals surface area contributed by atoms with Crippen molar-refractivity contribution in [3.63, 3.8) is 0 Å². The van der Waals surface area contributed by atoms with Gasteiger partial charge in [0, 0.05) is 12.6 Å². The van der Waals surface area contributed by atoms with Crippen LogP contribution in [0.25, 0.3) is 0 Å². The van der Waals surface area contributed by atoms with Gasteiger partial charge in [-0.15, -0.1) is 0 Å². The lowest BCUT2D eigenvalue weighted by Crippen LogP contribution is -2.49. The molecule has 0 aromatic heterocycles. The van der Waals surface area contributed by atoms with Gasteiger partial charge in [0.15, 0.2) is 0 Å². The van der Waals surface area contributed by atoms with Crippen molar-refractivity contribution in [2.45, 2.75) is 63.2 Å². The summed E-state index contributed by atoms with van der Waals surface area (Å²) in [6.45, 7) is 3.19. The van der Waals surface area contributed by atoms with Gasteiger partial charge in [-0.25, -0.2) is 0 Å². The number of nitrogens with zero attached hydrogens (tertiary/aromatic N) is 1. The number of aliphatic hydroxyl groups excluding tert-OH is 1. The van der Waals surface area contributed by atoms with Crippen LogP contribution in [-0.4, -0.2) is 48.0 Å². The van der Waals surface area contributed by atoms with Gasteiger partial charge in [0.25, 0.3) is 0 Å². The normalized spacial score (nSPS) is 42.9. The van der Waals surface area contributed by atoms with Crippen LogP contribution in [0, 0.1) is 5.92 Å². The highest BCUT2D eigenvalue weighted by Crippen LogP contribution is 2.32. The highest BCUT2D eigenvalue weighted by Gasteiger charge is 2.36. The van der Waals surface area contributed by atoms with Crippen molar-refractivity contribution in [1.29, 1.82) is 0 Å². The largest absolute Gasteiger partial charge is 0.393 e. The van der Waals surface area contributed by atoms with E-state index in [1.165, 1.54) is 45.1 Å². The molecule has 3 aliphatic rings. The molecular formula is C14H25NO2. The summed E-state index contributed by atoms with van der Waals surface area (Å²) in [7, 11) is 0. The van der Waals surface area contributed by atoms with Crippen LogP contribution in [0.3, 0.4) is 0 Å². The van der Waals surface area contributed by atoms with Crippen LogP contribution < -0.4 is 0 Å². The zero-order valence-corrected chi connectivity index (χ0v) is 10.7. The van der Waals surface area contributed by atoms with Crippen molar-refractivity contribution in [1.82, 2.24) is 4.90 Å². The predicted octanol–water partition coefficient (Wildman–Crippen LogP) is 1.79. The molecule has 2 saturated carbocycles. The average molecular weight is 239 g/mol. The summed E-state index contributed by atoms with van der Waals surface area (Å²) in [5.74, 6) is 0.567. The first kappa shape index (κ1) is 11.9. The third-order valence-corrected chi connectivity index (χ3v) is 5.00.